The van der Waals surface area contributed by atoms with Crippen molar-refractivity contribution < 1.29 is 18.3 Å². The van der Waals surface area contributed by atoms with Gasteiger partial charge in [0.05, 0.1) is 6.54 Å². The first-order chi connectivity index (χ1) is 16.5. The van der Waals surface area contributed by atoms with Crippen LogP contribution in [0, 0.1) is 11.6 Å². The summed E-state index contributed by atoms with van der Waals surface area (Å²) in [7, 11) is 0. The Morgan fingerprint density at radius 1 is 1.03 bits per heavy atom. The molecule has 178 valence electrons. The van der Waals surface area contributed by atoms with E-state index in [0.29, 0.717) is 30.9 Å². The van der Waals surface area contributed by atoms with E-state index in [1.807, 2.05) is 30.3 Å². The number of para-hydroxylation sites is 1. The number of nitrogens with zero attached hydrogens (tertiary/aromatic N) is 3. The van der Waals surface area contributed by atoms with Gasteiger partial charge in [-0.1, -0.05) is 24.3 Å². The molecule has 1 amide bonds. The summed E-state index contributed by atoms with van der Waals surface area (Å²) in [4.78, 5) is 27.0. The predicted octanol–water partition coefficient (Wildman–Crippen LogP) is 2.99. The van der Waals surface area contributed by atoms with E-state index in [2.05, 4.69) is 15.3 Å². The molecule has 4 rings (SSSR count). The van der Waals surface area contributed by atoms with Crippen LogP contribution >= 0.6 is 0 Å². The number of hydrogen-bond donors (Lipinski definition) is 1. The van der Waals surface area contributed by atoms with Gasteiger partial charge in [0.2, 0.25) is 0 Å². The average Bonchev–Trinajstić information content (AvgIpc) is 2.84. The molecule has 0 radical (unpaired) electrons. The molecule has 1 N–H and O–H groups in total. The van der Waals surface area contributed by atoms with Gasteiger partial charge in [-0.25, -0.2) is 13.5 Å². The second kappa shape index (κ2) is 11.0. The Bertz CT molecular complexity index is 1180. The zero-order valence-electron chi connectivity index (χ0n) is 18.6. The summed E-state index contributed by atoms with van der Waals surface area (Å²) in [5, 5.41) is 7.17. The molecule has 0 aliphatic carbocycles. The van der Waals surface area contributed by atoms with E-state index >= 15 is 0 Å². The van der Waals surface area contributed by atoms with Crippen molar-refractivity contribution in [2.75, 3.05) is 19.7 Å². The van der Waals surface area contributed by atoms with Crippen LogP contribution in [-0.4, -0.2) is 46.3 Å². The van der Waals surface area contributed by atoms with Gasteiger partial charge in [0, 0.05) is 31.7 Å². The van der Waals surface area contributed by atoms with Crippen molar-refractivity contribution in [2.45, 2.75) is 32.0 Å². The highest BCUT2D eigenvalue weighted by molar-refractivity contribution is 5.92. The van der Waals surface area contributed by atoms with Crippen molar-refractivity contribution >= 4 is 5.91 Å². The van der Waals surface area contributed by atoms with Crippen molar-refractivity contribution in [3.63, 3.8) is 0 Å². The third-order valence-corrected chi connectivity index (χ3v) is 5.73. The molecule has 0 unspecified atom stereocenters. The summed E-state index contributed by atoms with van der Waals surface area (Å²) in [5.74, 6) is -1.34. The fourth-order valence-electron chi connectivity index (χ4n) is 3.89. The number of rotatable bonds is 8. The van der Waals surface area contributed by atoms with E-state index in [9.17, 15) is 18.4 Å². The van der Waals surface area contributed by atoms with Crippen LogP contribution < -0.4 is 15.6 Å². The first-order valence-corrected chi connectivity index (χ1v) is 11.2. The molecule has 0 bridgehead atoms. The van der Waals surface area contributed by atoms with Crippen LogP contribution in [0.1, 0.15) is 28.9 Å². The van der Waals surface area contributed by atoms with Crippen LogP contribution in [-0.2, 0) is 13.1 Å². The predicted molar refractivity (Wildman–Crippen MR) is 123 cm³/mol. The van der Waals surface area contributed by atoms with Crippen molar-refractivity contribution in [1.82, 2.24) is 20.0 Å². The number of nitrogens with one attached hydrogen (secondary N) is 1. The number of ether oxygens (including phenoxy) is 1. The molecule has 0 spiro atoms. The summed E-state index contributed by atoms with van der Waals surface area (Å²) in [6, 6.07) is 15.9. The van der Waals surface area contributed by atoms with Crippen molar-refractivity contribution in [1.29, 1.82) is 0 Å². The lowest BCUT2D eigenvalue weighted by Crippen LogP contribution is -2.44. The van der Waals surface area contributed by atoms with E-state index in [1.165, 1.54) is 22.9 Å². The van der Waals surface area contributed by atoms with Crippen LogP contribution in [0.3, 0.4) is 0 Å². The van der Waals surface area contributed by atoms with Crippen molar-refractivity contribution in [2.24, 2.45) is 0 Å². The number of piperidine rings is 1. The van der Waals surface area contributed by atoms with Gasteiger partial charge < -0.3 is 10.1 Å². The summed E-state index contributed by atoms with van der Waals surface area (Å²) >= 11 is 0. The van der Waals surface area contributed by atoms with E-state index in [-0.39, 0.29) is 36.4 Å². The molecular weight excluding hydrogens is 442 g/mol. The number of aromatic nitrogens is 2. The zero-order chi connectivity index (χ0) is 23.9. The minimum absolute atomic E-state index is 0.0303. The monoisotopic (exact) mass is 468 g/mol. The fourth-order valence-corrected chi connectivity index (χ4v) is 3.89. The highest BCUT2D eigenvalue weighted by Crippen LogP contribution is 2.16. The molecular formula is C25H26F2N4O3. The van der Waals surface area contributed by atoms with Gasteiger partial charge in [-0.15, -0.1) is 0 Å². The number of benzene rings is 2. The normalized spacial score (nSPS) is 14.6. The van der Waals surface area contributed by atoms with Crippen LogP contribution in [0.5, 0.6) is 5.75 Å². The lowest BCUT2D eigenvalue weighted by molar-refractivity contribution is 0.0900. The van der Waals surface area contributed by atoms with Crippen LogP contribution in [0.15, 0.2) is 65.5 Å². The van der Waals surface area contributed by atoms with Gasteiger partial charge in [-0.05, 0) is 48.7 Å². The van der Waals surface area contributed by atoms with Crippen molar-refractivity contribution in [3.05, 3.63) is 93.9 Å². The molecule has 2 aromatic carbocycles. The highest BCUT2D eigenvalue weighted by Gasteiger charge is 2.22. The molecule has 7 nitrogen and oxygen atoms in total. The lowest BCUT2D eigenvalue weighted by Gasteiger charge is -2.32. The first kappa shape index (κ1) is 23.6. The Hall–Kier alpha value is -3.59. The number of halogens is 2. The maximum atomic E-state index is 13.4. The minimum atomic E-state index is -0.853. The molecule has 3 aromatic rings. The molecule has 0 atom stereocenters. The molecule has 0 saturated carbocycles. The van der Waals surface area contributed by atoms with E-state index in [0.717, 1.165) is 18.9 Å². The summed E-state index contributed by atoms with van der Waals surface area (Å²) in [6.07, 6.45) is 1.44. The van der Waals surface area contributed by atoms with E-state index < -0.39 is 11.6 Å². The molecule has 1 aliphatic rings. The second-order valence-corrected chi connectivity index (χ2v) is 8.21. The highest BCUT2D eigenvalue weighted by atomic mass is 19.2. The maximum absolute atomic E-state index is 13.4. The van der Waals surface area contributed by atoms with Gasteiger partial charge in [-0.2, -0.15) is 5.10 Å². The van der Waals surface area contributed by atoms with E-state index in [4.69, 9.17) is 4.74 Å². The fraction of sp³-hybridized carbons (Fsp3) is 0.320. The molecule has 1 saturated heterocycles. The van der Waals surface area contributed by atoms with Gasteiger partial charge in [0.15, 0.2) is 11.6 Å². The van der Waals surface area contributed by atoms with Gasteiger partial charge in [-0.3, -0.25) is 14.5 Å². The topological polar surface area (TPSA) is 76.5 Å². The Labute approximate surface area is 196 Å². The SMILES string of the molecule is O=C(NC1CCN(Cc2ccc(F)c(F)c2)CC1)c1ccc(=O)n(CCOc2ccccc2)n1. The quantitative estimate of drug-likeness (QED) is 0.550. The molecule has 1 aliphatic heterocycles. The molecule has 2 heterocycles. The summed E-state index contributed by atoms with van der Waals surface area (Å²) in [5.41, 5.74) is 0.575. The second-order valence-electron chi connectivity index (χ2n) is 8.21. The van der Waals surface area contributed by atoms with E-state index in [1.54, 1.807) is 6.07 Å². The molecule has 1 aromatic heterocycles. The zero-order valence-corrected chi connectivity index (χ0v) is 18.6. The number of hydrogen-bond acceptors (Lipinski definition) is 5. The first-order valence-electron chi connectivity index (χ1n) is 11.2. The van der Waals surface area contributed by atoms with Gasteiger partial charge in [0.1, 0.15) is 18.1 Å². The van der Waals surface area contributed by atoms with Crippen LogP contribution in [0.2, 0.25) is 0 Å². The van der Waals surface area contributed by atoms with Crippen LogP contribution in [0.25, 0.3) is 0 Å². The Morgan fingerprint density at radius 3 is 2.53 bits per heavy atom. The third-order valence-electron chi connectivity index (χ3n) is 5.73. The minimum Gasteiger partial charge on any atom is -0.492 e. The smallest absolute Gasteiger partial charge is 0.271 e. The van der Waals surface area contributed by atoms with Gasteiger partial charge >= 0.3 is 0 Å². The maximum Gasteiger partial charge on any atom is 0.271 e. The Morgan fingerprint density at radius 2 is 1.79 bits per heavy atom. The number of likely N-dealkylation sites (tertiary alicyclic amines) is 1. The third kappa shape index (κ3) is 6.26. The lowest BCUT2D eigenvalue weighted by atomic mass is 10.0. The average molecular weight is 469 g/mol. The Balaban J connectivity index is 1.27. The number of carbonyl (C=O) groups is 1. The summed E-state index contributed by atoms with van der Waals surface area (Å²) in [6.45, 7) is 2.42. The standard InChI is InChI=1S/C25H26F2N4O3/c26-21-7-6-18(16-22(21)27)17-30-12-10-19(11-13-30)28-25(33)23-8-9-24(32)31(29-23)14-15-34-20-4-2-1-3-5-20/h1-9,16,19H,10-15,17H2,(H,28,33). The van der Waals surface area contributed by atoms with Crippen LogP contribution in [0.4, 0.5) is 8.78 Å². The molecule has 1 fully saturated rings. The van der Waals surface area contributed by atoms with Gasteiger partial charge in [0.25, 0.3) is 11.5 Å². The molecule has 34 heavy (non-hydrogen) atoms. The number of amides is 1. The summed E-state index contributed by atoms with van der Waals surface area (Å²) < 4.78 is 33.4. The molecule has 9 heteroatoms. The van der Waals surface area contributed by atoms with Crippen molar-refractivity contribution in [3.8, 4) is 5.75 Å². The Kier molecular flexibility index (Phi) is 7.64. The number of carbonyl (C=O) groups excluding carboxylic acids is 1. The largest absolute Gasteiger partial charge is 0.492 e.